The Labute approximate surface area is 165 Å². The van der Waals surface area contributed by atoms with Crippen molar-refractivity contribution >= 4 is 34.3 Å². The Bertz CT molecular complexity index is 999. The molecule has 2 aromatic carbocycles. The zero-order valence-corrected chi connectivity index (χ0v) is 16.2. The molecule has 0 aliphatic heterocycles. The molecule has 1 unspecified atom stereocenters. The number of aromatic nitrogens is 1. The van der Waals surface area contributed by atoms with E-state index in [0.717, 1.165) is 12.5 Å². The van der Waals surface area contributed by atoms with E-state index in [9.17, 15) is 18.0 Å². The highest BCUT2D eigenvalue weighted by molar-refractivity contribution is 7.99. The second kappa shape index (κ2) is 8.22. The average Bonchev–Trinajstić information content (AvgIpc) is 2.67. The molecule has 7 heteroatoms. The molecule has 0 aliphatic rings. The number of anilines is 1. The number of carbonyl (C=O) groups is 1. The standard InChI is InChI=1S/C21H19F3N2OS/c1-3-13(2)28-14-9-10-19(17(12-14)21(22,23)24)26-20(27)16-6-4-8-18-15(16)7-5-11-25-18/h4-13H,3H2,1-2H3,(H,26,27). The van der Waals surface area contributed by atoms with Gasteiger partial charge in [-0.05, 0) is 42.8 Å². The van der Waals surface area contributed by atoms with E-state index >= 15 is 0 Å². The summed E-state index contributed by atoms with van der Waals surface area (Å²) in [5.41, 5.74) is -0.234. The maximum absolute atomic E-state index is 13.6. The Morgan fingerprint density at radius 3 is 2.68 bits per heavy atom. The number of hydrogen-bond donors (Lipinski definition) is 1. The van der Waals surface area contributed by atoms with E-state index in [2.05, 4.69) is 10.3 Å². The highest BCUT2D eigenvalue weighted by Gasteiger charge is 2.34. The van der Waals surface area contributed by atoms with Crippen molar-refractivity contribution < 1.29 is 18.0 Å². The molecule has 146 valence electrons. The molecule has 3 nitrogen and oxygen atoms in total. The molecule has 0 spiro atoms. The Balaban J connectivity index is 1.95. The van der Waals surface area contributed by atoms with E-state index in [-0.39, 0.29) is 16.5 Å². The van der Waals surface area contributed by atoms with Gasteiger partial charge in [0.25, 0.3) is 5.91 Å². The van der Waals surface area contributed by atoms with Crippen molar-refractivity contribution in [1.82, 2.24) is 4.98 Å². The highest BCUT2D eigenvalue weighted by atomic mass is 32.2. The van der Waals surface area contributed by atoms with Crippen LogP contribution in [0.15, 0.2) is 59.6 Å². The first-order valence-corrected chi connectivity index (χ1v) is 9.70. The molecule has 3 rings (SSSR count). The predicted octanol–water partition coefficient (Wildman–Crippen LogP) is 6.40. The van der Waals surface area contributed by atoms with E-state index in [1.807, 2.05) is 13.8 Å². The van der Waals surface area contributed by atoms with Gasteiger partial charge in [0.15, 0.2) is 0 Å². The normalized spacial score (nSPS) is 12.8. The number of nitrogens with one attached hydrogen (secondary N) is 1. The average molecular weight is 404 g/mol. The monoisotopic (exact) mass is 404 g/mol. The number of thioether (sulfide) groups is 1. The van der Waals surface area contributed by atoms with Crippen LogP contribution in [0.25, 0.3) is 10.9 Å². The number of halogens is 3. The Kier molecular flexibility index (Phi) is 5.93. The molecule has 1 heterocycles. The summed E-state index contributed by atoms with van der Waals surface area (Å²) in [6.45, 7) is 3.94. The third-order valence-electron chi connectivity index (χ3n) is 4.35. The fraction of sp³-hybridized carbons (Fsp3) is 0.238. The molecular formula is C21H19F3N2OS. The maximum atomic E-state index is 13.6. The Morgan fingerprint density at radius 1 is 1.18 bits per heavy atom. The highest BCUT2D eigenvalue weighted by Crippen LogP contribution is 2.38. The summed E-state index contributed by atoms with van der Waals surface area (Å²) in [6.07, 6.45) is -2.13. The minimum Gasteiger partial charge on any atom is -0.321 e. The van der Waals surface area contributed by atoms with Gasteiger partial charge in [0.05, 0.1) is 16.8 Å². The fourth-order valence-corrected chi connectivity index (χ4v) is 3.71. The molecular weight excluding hydrogens is 385 g/mol. The van der Waals surface area contributed by atoms with Crippen molar-refractivity contribution in [2.24, 2.45) is 0 Å². The first-order valence-electron chi connectivity index (χ1n) is 8.82. The van der Waals surface area contributed by atoms with Gasteiger partial charge >= 0.3 is 6.18 Å². The first-order chi connectivity index (χ1) is 13.3. The molecule has 28 heavy (non-hydrogen) atoms. The van der Waals surface area contributed by atoms with Crippen LogP contribution in [0.1, 0.15) is 36.2 Å². The zero-order valence-electron chi connectivity index (χ0n) is 15.4. The van der Waals surface area contributed by atoms with Crippen LogP contribution in [0.3, 0.4) is 0 Å². The summed E-state index contributed by atoms with van der Waals surface area (Å²) < 4.78 is 40.7. The van der Waals surface area contributed by atoms with Crippen LogP contribution < -0.4 is 5.32 Å². The topological polar surface area (TPSA) is 42.0 Å². The van der Waals surface area contributed by atoms with Gasteiger partial charge in [0, 0.05) is 27.3 Å². The van der Waals surface area contributed by atoms with E-state index in [0.29, 0.717) is 15.8 Å². The summed E-state index contributed by atoms with van der Waals surface area (Å²) in [6, 6.07) is 12.4. The molecule has 0 bridgehead atoms. The van der Waals surface area contributed by atoms with Gasteiger partial charge in [-0.25, -0.2) is 0 Å². The molecule has 0 saturated heterocycles. The van der Waals surface area contributed by atoms with Gasteiger partial charge in [-0.1, -0.05) is 26.0 Å². The Morgan fingerprint density at radius 2 is 1.96 bits per heavy atom. The quantitative estimate of drug-likeness (QED) is 0.501. The molecule has 1 atom stereocenters. The van der Waals surface area contributed by atoms with E-state index < -0.39 is 17.6 Å². The predicted molar refractivity (Wildman–Crippen MR) is 107 cm³/mol. The van der Waals surface area contributed by atoms with Crippen molar-refractivity contribution in [3.8, 4) is 0 Å². The van der Waals surface area contributed by atoms with Gasteiger partial charge in [-0.2, -0.15) is 13.2 Å². The number of pyridine rings is 1. The van der Waals surface area contributed by atoms with Crippen LogP contribution in [-0.4, -0.2) is 16.1 Å². The summed E-state index contributed by atoms with van der Waals surface area (Å²) in [7, 11) is 0. The molecule has 0 aliphatic carbocycles. The lowest BCUT2D eigenvalue weighted by Crippen LogP contribution is -2.17. The third kappa shape index (κ3) is 4.47. The van der Waals surface area contributed by atoms with Crippen molar-refractivity contribution in [3.05, 3.63) is 65.9 Å². The van der Waals surface area contributed by atoms with Crippen LogP contribution in [0, 0.1) is 0 Å². The minimum absolute atomic E-state index is 0.199. The van der Waals surface area contributed by atoms with Crippen LogP contribution >= 0.6 is 11.8 Å². The maximum Gasteiger partial charge on any atom is 0.418 e. The summed E-state index contributed by atoms with van der Waals surface area (Å²) in [4.78, 5) is 17.4. The SMILES string of the molecule is CCC(C)Sc1ccc(NC(=O)c2cccc3ncccc23)c(C(F)(F)F)c1. The zero-order chi connectivity index (χ0) is 20.3. The van der Waals surface area contributed by atoms with E-state index in [1.54, 1.807) is 42.6 Å². The first kappa shape index (κ1) is 20.2. The molecule has 0 fully saturated rings. The molecule has 0 radical (unpaired) electrons. The molecule has 3 aromatic rings. The largest absolute Gasteiger partial charge is 0.418 e. The van der Waals surface area contributed by atoms with Crippen LogP contribution in [0.5, 0.6) is 0 Å². The second-order valence-corrected chi connectivity index (χ2v) is 7.88. The van der Waals surface area contributed by atoms with E-state index in [4.69, 9.17) is 0 Å². The third-order valence-corrected chi connectivity index (χ3v) is 5.61. The van der Waals surface area contributed by atoms with Crippen LogP contribution in [0.4, 0.5) is 18.9 Å². The number of carbonyl (C=O) groups excluding carboxylic acids is 1. The molecule has 1 aromatic heterocycles. The number of rotatable bonds is 5. The van der Waals surface area contributed by atoms with Gasteiger partial charge in [-0.15, -0.1) is 11.8 Å². The van der Waals surface area contributed by atoms with Crippen molar-refractivity contribution in [2.45, 2.75) is 36.6 Å². The van der Waals surface area contributed by atoms with Crippen molar-refractivity contribution in [3.63, 3.8) is 0 Å². The molecule has 0 saturated carbocycles. The lowest BCUT2D eigenvalue weighted by atomic mass is 10.1. The number of nitrogens with zero attached hydrogens (tertiary/aromatic N) is 1. The molecule has 1 N–H and O–H groups in total. The number of benzene rings is 2. The fourth-order valence-electron chi connectivity index (χ4n) is 2.75. The summed E-state index contributed by atoms with van der Waals surface area (Å²) in [5, 5.41) is 3.21. The van der Waals surface area contributed by atoms with Gasteiger partial charge in [-0.3, -0.25) is 9.78 Å². The lowest BCUT2D eigenvalue weighted by molar-refractivity contribution is -0.137. The van der Waals surface area contributed by atoms with Crippen LogP contribution in [0.2, 0.25) is 0 Å². The van der Waals surface area contributed by atoms with Crippen LogP contribution in [-0.2, 0) is 6.18 Å². The number of alkyl halides is 3. The van der Waals surface area contributed by atoms with Crippen molar-refractivity contribution in [2.75, 3.05) is 5.32 Å². The summed E-state index contributed by atoms with van der Waals surface area (Å²) in [5.74, 6) is -0.605. The summed E-state index contributed by atoms with van der Waals surface area (Å²) >= 11 is 1.38. The number of amides is 1. The number of hydrogen-bond acceptors (Lipinski definition) is 3. The van der Waals surface area contributed by atoms with Gasteiger partial charge in [0.2, 0.25) is 0 Å². The van der Waals surface area contributed by atoms with Gasteiger partial charge < -0.3 is 5.32 Å². The smallest absolute Gasteiger partial charge is 0.321 e. The Hall–Kier alpha value is -2.54. The molecule has 1 amide bonds. The lowest BCUT2D eigenvalue weighted by Gasteiger charge is -2.17. The van der Waals surface area contributed by atoms with Crippen molar-refractivity contribution in [1.29, 1.82) is 0 Å². The van der Waals surface area contributed by atoms with Gasteiger partial charge in [0.1, 0.15) is 0 Å². The van der Waals surface area contributed by atoms with E-state index in [1.165, 1.54) is 17.8 Å². The number of fused-ring (bicyclic) bond motifs is 1. The second-order valence-electron chi connectivity index (χ2n) is 6.37. The minimum atomic E-state index is -4.57.